The highest BCUT2D eigenvalue weighted by Crippen LogP contribution is 2.51. The summed E-state index contributed by atoms with van der Waals surface area (Å²) in [5.74, 6) is -0.349. The average molecular weight is 431 g/mol. The summed E-state index contributed by atoms with van der Waals surface area (Å²) in [6.45, 7) is 4.65. The van der Waals surface area contributed by atoms with Crippen LogP contribution in [0.4, 0.5) is 0 Å². The number of nitrogens with zero attached hydrogens (tertiary/aromatic N) is 1. The molecule has 0 radical (unpaired) electrons. The van der Waals surface area contributed by atoms with Gasteiger partial charge in [0.1, 0.15) is 0 Å². The second-order valence-corrected chi connectivity index (χ2v) is 11.0. The normalized spacial score (nSPS) is 15.9. The Labute approximate surface area is 181 Å². The number of quaternary nitrogens is 1. The smallest absolute Gasteiger partial charge is 0.320 e. The van der Waals surface area contributed by atoms with Gasteiger partial charge in [-0.25, -0.2) is 0 Å². The maximum absolute atomic E-state index is 12.6. The molecule has 5 heteroatoms. The van der Waals surface area contributed by atoms with Crippen LogP contribution < -0.4 is 0 Å². The van der Waals surface area contributed by atoms with Gasteiger partial charge in [0.25, 0.3) is 0 Å². The van der Waals surface area contributed by atoms with E-state index in [1.165, 1.54) is 44.9 Å². The Kier molecular flexibility index (Phi) is 17.0. The van der Waals surface area contributed by atoms with E-state index in [2.05, 4.69) is 31.2 Å². The van der Waals surface area contributed by atoms with Crippen molar-refractivity contribution in [2.24, 2.45) is 0 Å². The summed E-state index contributed by atoms with van der Waals surface area (Å²) >= 11 is 0. The van der Waals surface area contributed by atoms with E-state index < -0.39 is 7.60 Å². The molecule has 0 spiro atoms. The van der Waals surface area contributed by atoms with Crippen LogP contribution in [-0.2, 0) is 9.09 Å². The highest BCUT2D eigenvalue weighted by Gasteiger charge is 2.41. The molecule has 0 aliphatic heterocycles. The Morgan fingerprint density at radius 3 is 1.66 bits per heavy atom. The number of allylic oxidation sites excluding steroid dienone is 4. The van der Waals surface area contributed by atoms with E-state index in [0.717, 1.165) is 32.1 Å². The first-order valence-electron chi connectivity index (χ1n) is 11.8. The largest absolute Gasteiger partial charge is 0.385 e. The second-order valence-electron chi connectivity index (χ2n) is 9.00. The lowest BCUT2D eigenvalue weighted by atomic mass is 10.1. The van der Waals surface area contributed by atoms with Crippen molar-refractivity contribution >= 4 is 7.60 Å². The van der Waals surface area contributed by atoms with Gasteiger partial charge in [0.05, 0.1) is 27.7 Å². The lowest BCUT2D eigenvalue weighted by molar-refractivity contribution is -0.883. The molecule has 0 bridgehead atoms. The van der Waals surface area contributed by atoms with Crippen LogP contribution in [-0.4, -0.2) is 42.9 Å². The Morgan fingerprint density at radius 1 is 0.793 bits per heavy atom. The van der Waals surface area contributed by atoms with Gasteiger partial charge >= 0.3 is 7.60 Å². The summed E-state index contributed by atoms with van der Waals surface area (Å²) in [6, 6.07) is 0. The molecule has 0 heterocycles. The van der Waals surface area contributed by atoms with E-state index >= 15 is 0 Å². The van der Waals surface area contributed by atoms with Crippen molar-refractivity contribution in [1.29, 1.82) is 0 Å². The van der Waals surface area contributed by atoms with E-state index in [1.807, 2.05) is 28.1 Å². The minimum absolute atomic E-state index is 0.349. The number of rotatable bonds is 19. The standard InChI is InChI=1S/C24H48NO3P/c1-6-8-9-10-11-12-13-14-15-16-17-18-19-20-21-23-28-29(26,27)24(22-7-2)25(3,4)5/h11-12,17-18,24H,6-10,13-16,19-23H2,1-5H3/p+1. The number of hydrogen-bond donors (Lipinski definition) is 1. The van der Waals surface area contributed by atoms with Gasteiger partial charge in [-0.1, -0.05) is 51.0 Å². The van der Waals surface area contributed by atoms with Gasteiger partial charge in [-0.15, -0.1) is 0 Å². The van der Waals surface area contributed by atoms with Gasteiger partial charge < -0.3 is 13.9 Å². The minimum Gasteiger partial charge on any atom is -0.320 e. The van der Waals surface area contributed by atoms with Crippen LogP contribution in [0.1, 0.15) is 97.3 Å². The third kappa shape index (κ3) is 16.0. The van der Waals surface area contributed by atoms with Crippen molar-refractivity contribution in [2.75, 3.05) is 27.7 Å². The summed E-state index contributed by atoms with van der Waals surface area (Å²) in [6.07, 6.45) is 23.7. The predicted molar refractivity (Wildman–Crippen MR) is 127 cm³/mol. The van der Waals surface area contributed by atoms with Crippen molar-refractivity contribution in [3.8, 4) is 0 Å². The molecule has 0 saturated heterocycles. The zero-order chi connectivity index (χ0) is 22.0. The highest BCUT2D eigenvalue weighted by molar-refractivity contribution is 7.53. The van der Waals surface area contributed by atoms with Crippen molar-refractivity contribution in [1.82, 2.24) is 0 Å². The Balaban J connectivity index is 3.75. The molecule has 29 heavy (non-hydrogen) atoms. The molecule has 0 aromatic carbocycles. The predicted octanol–water partition coefficient (Wildman–Crippen LogP) is 7.44. The molecule has 0 amide bonds. The van der Waals surface area contributed by atoms with E-state index in [0.29, 0.717) is 17.5 Å². The molecule has 0 aliphatic rings. The van der Waals surface area contributed by atoms with Gasteiger partial charge in [0.2, 0.25) is 0 Å². The van der Waals surface area contributed by atoms with Crippen LogP contribution >= 0.6 is 7.60 Å². The topological polar surface area (TPSA) is 46.5 Å². The molecule has 172 valence electrons. The Hall–Kier alpha value is -0.410. The first-order chi connectivity index (χ1) is 13.8. The summed E-state index contributed by atoms with van der Waals surface area (Å²) in [7, 11) is 2.30. The fourth-order valence-corrected chi connectivity index (χ4v) is 5.42. The van der Waals surface area contributed by atoms with Crippen LogP contribution in [0.15, 0.2) is 24.3 Å². The Morgan fingerprint density at radius 2 is 1.24 bits per heavy atom. The highest BCUT2D eigenvalue weighted by atomic mass is 31.2. The van der Waals surface area contributed by atoms with Crippen LogP contribution in [0.3, 0.4) is 0 Å². The number of hydrogen-bond acceptors (Lipinski definition) is 2. The molecule has 0 saturated carbocycles. The van der Waals surface area contributed by atoms with E-state index in [1.54, 1.807) is 0 Å². The van der Waals surface area contributed by atoms with E-state index in [-0.39, 0.29) is 5.78 Å². The van der Waals surface area contributed by atoms with Crippen LogP contribution in [0.25, 0.3) is 0 Å². The Bertz CT molecular complexity index is 483. The maximum Gasteiger partial charge on any atom is 0.385 e. The summed E-state index contributed by atoms with van der Waals surface area (Å²) in [5.41, 5.74) is 0. The fraction of sp³-hybridized carbons (Fsp3) is 0.833. The van der Waals surface area contributed by atoms with Crippen LogP contribution in [0.2, 0.25) is 0 Å². The van der Waals surface area contributed by atoms with Crippen molar-refractivity contribution in [3.63, 3.8) is 0 Å². The zero-order valence-electron chi connectivity index (χ0n) is 19.9. The van der Waals surface area contributed by atoms with Crippen molar-refractivity contribution < 1.29 is 18.5 Å². The van der Waals surface area contributed by atoms with Gasteiger partial charge in [0, 0.05) is 6.42 Å². The SMILES string of the molecule is CCCCCC=CCCCCC=CCCCCOP(=O)(O)C(CCC)[N+](C)(C)C. The lowest BCUT2D eigenvalue weighted by Gasteiger charge is -2.35. The molecule has 2 atom stereocenters. The minimum atomic E-state index is -3.58. The first-order valence-corrected chi connectivity index (χ1v) is 13.5. The average Bonchev–Trinajstić information content (AvgIpc) is 2.64. The summed E-state index contributed by atoms with van der Waals surface area (Å²) < 4.78 is 18.5. The maximum atomic E-state index is 12.6. The third-order valence-corrected chi connectivity index (χ3v) is 7.42. The van der Waals surface area contributed by atoms with Gasteiger partial charge in [-0.2, -0.15) is 0 Å². The van der Waals surface area contributed by atoms with Crippen molar-refractivity contribution in [3.05, 3.63) is 24.3 Å². The molecule has 0 fully saturated rings. The molecule has 0 aromatic rings. The quantitative estimate of drug-likeness (QED) is 0.100. The van der Waals surface area contributed by atoms with Gasteiger partial charge in [-0.3, -0.25) is 4.57 Å². The monoisotopic (exact) mass is 430 g/mol. The van der Waals surface area contributed by atoms with Crippen LogP contribution in [0, 0.1) is 0 Å². The van der Waals surface area contributed by atoms with E-state index in [9.17, 15) is 9.46 Å². The molecule has 2 unspecified atom stereocenters. The molecular weight excluding hydrogens is 381 g/mol. The fourth-order valence-electron chi connectivity index (χ4n) is 3.40. The zero-order valence-corrected chi connectivity index (χ0v) is 20.8. The van der Waals surface area contributed by atoms with Crippen molar-refractivity contribution in [2.45, 2.75) is 103 Å². The summed E-state index contributed by atoms with van der Waals surface area (Å²) in [4.78, 5) is 10.4. The van der Waals surface area contributed by atoms with Crippen LogP contribution in [0.5, 0.6) is 0 Å². The third-order valence-electron chi connectivity index (χ3n) is 5.16. The van der Waals surface area contributed by atoms with Gasteiger partial charge in [-0.05, 0) is 64.2 Å². The molecule has 0 aromatic heterocycles. The van der Waals surface area contributed by atoms with Gasteiger partial charge in [0.15, 0.2) is 5.78 Å². The molecule has 4 nitrogen and oxygen atoms in total. The second kappa shape index (κ2) is 17.3. The number of unbranched alkanes of at least 4 members (excludes halogenated alkanes) is 8. The molecule has 0 rings (SSSR count). The molecular formula is C24H49NO3P+. The summed E-state index contributed by atoms with van der Waals surface area (Å²) in [5, 5.41) is 0. The lowest BCUT2D eigenvalue weighted by Crippen LogP contribution is -2.45. The first kappa shape index (κ1) is 28.6. The molecule has 1 N–H and O–H groups in total. The van der Waals surface area contributed by atoms with E-state index in [4.69, 9.17) is 4.52 Å². The molecule has 0 aliphatic carbocycles.